The zero-order valence-corrected chi connectivity index (χ0v) is 12.0. The number of anilines is 1. The van der Waals surface area contributed by atoms with E-state index in [1.807, 2.05) is 0 Å². The highest BCUT2D eigenvalue weighted by Crippen LogP contribution is 2.27. The van der Waals surface area contributed by atoms with Crippen molar-refractivity contribution in [2.75, 3.05) is 5.73 Å². The molecule has 1 aliphatic carbocycles. The second kappa shape index (κ2) is 6.51. The van der Waals surface area contributed by atoms with Crippen LogP contribution in [0.5, 0.6) is 0 Å². The van der Waals surface area contributed by atoms with Crippen molar-refractivity contribution in [3.05, 3.63) is 27.9 Å². The summed E-state index contributed by atoms with van der Waals surface area (Å²) in [5, 5.41) is 13.9. The molecule has 0 spiro atoms. The first-order valence-electron chi connectivity index (χ1n) is 7.22. The van der Waals surface area contributed by atoms with E-state index < -0.39 is 10.8 Å². The number of amides is 1. The fourth-order valence-corrected chi connectivity index (χ4v) is 2.85. The van der Waals surface area contributed by atoms with Crippen molar-refractivity contribution in [2.45, 2.75) is 45.1 Å². The molecule has 1 saturated carbocycles. The van der Waals surface area contributed by atoms with E-state index in [4.69, 9.17) is 5.73 Å². The monoisotopic (exact) mass is 292 g/mol. The fourth-order valence-electron chi connectivity index (χ4n) is 2.85. The van der Waals surface area contributed by atoms with E-state index in [9.17, 15) is 14.9 Å². The lowest BCUT2D eigenvalue weighted by Crippen LogP contribution is -2.38. The Kier molecular flexibility index (Phi) is 4.72. The number of aromatic nitrogens is 1. The molecule has 3 N–H and O–H groups in total. The van der Waals surface area contributed by atoms with Crippen LogP contribution >= 0.6 is 0 Å². The van der Waals surface area contributed by atoms with Crippen LogP contribution in [0, 0.1) is 16.0 Å². The maximum atomic E-state index is 12.3. The molecule has 0 aromatic carbocycles. The minimum Gasteiger partial charge on any atom is -0.384 e. The molecule has 1 aliphatic rings. The third-order valence-corrected chi connectivity index (χ3v) is 4.04. The summed E-state index contributed by atoms with van der Waals surface area (Å²) in [7, 11) is 0. The van der Waals surface area contributed by atoms with Gasteiger partial charge in [0.1, 0.15) is 17.6 Å². The molecule has 2 rings (SSSR count). The summed E-state index contributed by atoms with van der Waals surface area (Å²) in [5.74, 6) is 0.264. The first-order valence-corrected chi connectivity index (χ1v) is 7.22. The minimum absolute atomic E-state index is 0.0221. The lowest BCUT2D eigenvalue weighted by atomic mass is 9.84. The number of nitrogen functional groups attached to an aromatic ring is 1. The minimum atomic E-state index is -0.614. The van der Waals surface area contributed by atoms with Gasteiger partial charge in [0.05, 0.1) is 4.92 Å². The fraction of sp³-hybridized carbons (Fsp3) is 0.571. The maximum Gasteiger partial charge on any atom is 0.300 e. The molecule has 1 aromatic rings. The van der Waals surface area contributed by atoms with Crippen LogP contribution in [0.3, 0.4) is 0 Å². The predicted molar refractivity (Wildman–Crippen MR) is 78.8 cm³/mol. The summed E-state index contributed by atoms with van der Waals surface area (Å²) in [5.41, 5.74) is 5.19. The molecule has 7 heteroatoms. The molecule has 21 heavy (non-hydrogen) atoms. The van der Waals surface area contributed by atoms with Crippen LogP contribution in [0.2, 0.25) is 0 Å². The molecule has 1 aromatic heterocycles. The molecular weight excluding hydrogens is 272 g/mol. The summed E-state index contributed by atoms with van der Waals surface area (Å²) in [6.07, 6.45) is 6.22. The number of nitrogens with one attached hydrogen (secondary N) is 1. The Hall–Kier alpha value is -2.18. The molecule has 7 nitrogen and oxygen atoms in total. The standard InChI is InChI=1S/C14H20N4O3/c1-2-9-4-3-5-10(6-9)17-14(19)11-7-13(15)16-8-12(11)18(20)21/h7-10H,2-6H2,1H3,(H2,15,16)(H,17,19). The van der Waals surface area contributed by atoms with Gasteiger partial charge in [-0.2, -0.15) is 0 Å². The van der Waals surface area contributed by atoms with Crippen LogP contribution in [-0.2, 0) is 0 Å². The number of hydrogen-bond acceptors (Lipinski definition) is 5. The van der Waals surface area contributed by atoms with Gasteiger partial charge in [0, 0.05) is 6.04 Å². The smallest absolute Gasteiger partial charge is 0.300 e. The number of rotatable bonds is 4. The molecule has 0 saturated heterocycles. The van der Waals surface area contributed by atoms with E-state index in [1.54, 1.807) is 0 Å². The van der Waals surface area contributed by atoms with E-state index in [1.165, 1.54) is 12.5 Å². The first-order chi connectivity index (χ1) is 10.0. The second-order valence-corrected chi connectivity index (χ2v) is 5.49. The Morgan fingerprint density at radius 3 is 3.00 bits per heavy atom. The van der Waals surface area contributed by atoms with E-state index in [0.717, 1.165) is 31.9 Å². The van der Waals surface area contributed by atoms with Crippen LogP contribution in [0.4, 0.5) is 11.5 Å². The van der Waals surface area contributed by atoms with Crippen molar-refractivity contribution < 1.29 is 9.72 Å². The average molecular weight is 292 g/mol. The molecule has 2 atom stereocenters. The SMILES string of the molecule is CCC1CCCC(NC(=O)c2cc(N)ncc2[N+](=O)[O-])C1. The Morgan fingerprint density at radius 1 is 1.57 bits per heavy atom. The molecule has 0 aliphatic heterocycles. The van der Waals surface area contributed by atoms with Crippen LogP contribution in [0.25, 0.3) is 0 Å². The summed E-state index contributed by atoms with van der Waals surface area (Å²) in [6.45, 7) is 2.14. The summed E-state index contributed by atoms with van der Waals surface area (Å²) in [4.78, 5) is 26.3. The van der Waals surface area contributed by atoms with Crippen molar-refractivity contribution in [1.29, 1.82) is 0 Å². The largest absolute Gasteiger partial charge is 0.384 e. The van der Waals surface area contributed by atoms with Gasteiger partial charge in [-0.05, 0) is 24.8 Å². The van der Waals surface area contributed by atoms with Crippen LogP contribution in [0.15, 0.2) is 12.3 Å². The van der Waals surface area contributed by atoms with E-state index in [0.29, 0.717) is 5.92 Å². The normalized spacial score (nSPS) is 21.8. The van der Waals surface area contributed by atoms with Gasteiger partial charge in [-0.3, -0.25) is 14.9 Å². The van der Waals surface area contributed by atoms with Crippen LogP contribution < -0.4 is 11.1 Å². The summed E-state index contributed by atoms with van der Waals surface area (Å²) in [6, 6.07) is 1.33. The van der Waals surface area contributed by atoms with Crippen LogP contribution in [0.1, 0.15) is 49.4 Å². The summed E-state index contributed by atoms with van der Waals surface area (Å²) < 4.78 is 0. The Bertz CT molecular complexity index is 547. The first kappa shape index (κ1) is 15.2. The predicted octanol–water partition coefficient (Wildman–Crippen LogP) is 2.27. The summed E-state index contributed by atoms with van der Waals surface area (Å²) >= 11 is 0. The zero-order valence-electron chi connectivity index (χ0n) is 12.0. The Morgan fingerprint density at radius 2 is 2.33 bits per heavy atom. The molecule has 1 fully saturated rings. The van der Waals surface area contributed by atoms with Crippen molar-refractivity contribution in [1.82, 2.24) is 10.3 Å². The Balaban J connectivity index is 2.13. The average Bonchev–Trinajstić information content (AvgIpc) is 2.47. The number of hydrogen-bond donors (Lipinski definition) is 2. The molecule has 0 bridgehead atoms. The van der Waals surface area contributed by atoms with Gasteiger partial charge in [0.25, 0.3) is 11.6 Å². The number of nitro groups is 1. The van der Waals surface area contributed by atoms with Crippen molar-refractivity contribution in [3.63, 3.8) is 0 Å². The van der Waals surface area contributed by atoms with Crippen molar-refractivity contribution in [3.8, 4) is 0 Å². The number of pyridine rings is 1. The van der Waals surface area contributed by atoms with Gasteiger partial charge in [-0.15, -0.1) is 0 Å². The number of nitrogens with two attached hydrogens (primary N) is 1. The molecule has 0 radical (unpaired) electrons. The van der Waals surface area contributed by atoms with E-state index in [2.05, 4.69) is 17.2 Å². The quantitative estimate of drug-likeness (QED) is 0.653. The maximum absolute atomic E-state index is 12.3. The second-order valence-electron chi connectivity index (χ2n) is 5.49. The van der Waals surface area contributed by atoms with Crippen molar-refractivity contribution in [2.24, 2.45) is 5.92 Å². The van der Waals surface area contributed by atoms with Crippen molar-refractivity contribution >= 4 is 17.4 Å². The number of nitrogens with zero attached hydrogens (tertiary/aromatic N) is 2. The molecule has 114 valence electrons. The number of carbonyl (C=O) groups excluding carboxylic acids is 1. The van der Waals surface area contributed by atoms with Gasteiger partial charge >= 0.3 is 0 Å². The lowest BCUT2D eigenvalue weighted by Gasteiger charge is -2.29. The topological polar surface area (TPSA) is 111 Å². The van der Waals surface area contributed by atoms with E-state index in [-0.39, 0.29) is 23.1 Å². The third-order valence-electron chi connectivity index (χ3n) is 4.04. The van der Waals surface area contributed by atoms with Gasteiger partial charge in [0.15, 0.2) is 0 Å². The highest BCUT2D eigenvalue weighted by Gasteiger charge is 2.26. The van der Waals surface area contributed by atoms with E-state index >= 15 is 0 Å². The third kappa shape index (κ3) is 3.68. The highest BCUT2D eigenvalue weighted by molar-refractivity contribution is 5.98. The molecule has 1 heterocycles. The Labute approximate surface area is 123 Å². The molecule has 2 unspecified atom stereocenters. The van der Waals surface area contributed by atoms with Gasteiger partial charge < -0.3 is 11.1 Å². The molecular formula is C14H20N4O3. The number of carbonyl (C=O) groups is 1. The van der Waals surface area contributed by atoms with Gasteiger partial charge in [0.2, 0.25) is 0 Å². The molecule has 1 amide bonds. The zero-order chi connectivity index (χ0) is 15.4. The highest BCUT2D eigenvalue weighted by atomic mass is 16.6. The van der Waals surface area contributed by atoms with Crippen LogP contribution in [-0.4, -0.2) is 21.9 Å². The lowest BCUT2D eigenvalue weighted by molar-refractivity contribution is -0.385. The van der Waals surface area contributed by atoms with Gasteiger partial charge in [-0.25, -0.2) is 4.98 Å². The van der Waals surface area contributed by atoms with Gasteiger partial charge in [-0.1, -0.05) is 26.2 Å².